The van der Waals surface area contributed by atoms with Crippen molar-refractivity contribution in [2.45, 2.75) is 58.4 Å². The number of rotatable bonds is 13. The number of nitrogen functional groups attached to an aromatic ring is 2. The molecule has 0 fully saturated rings. The van der Waals surface area contributed by atoms with Crippen molar-refractivity contribution in [3.05, 3.63) is 46.1 Å². The number of anilines is 2. The Morgan fingerprint density at radius 2 is 1.71 bits per heavy atom. The van der Waals surface area contributed by atoms with Gasteiger partial charge in [0.25, 0.3) is 5.91 Å². The number of carbonyl (C=O) groups excluding carboxylic acids is 3. The van der Waals surface area contributed by atoms with Gasteiger partial charge in [0.2, 0.25) is 5.95 Å². The number of hydrogen-bond donors (Lipinski definition) is 3. The zero-order valence-corrected chi connectivity index (χ0v) is 20.8. The molecule has 2 aromatic rings. The Balaban J connectivity index is 2.02. The van der Waals surface area contributed by atoms with Crippen LogP contribution in [0.3, 0.4) is 0 Å². The third-order valence-corrected chi connectivity index (χ3v) is 5.52. The molecule has 10 nitrogen and oxygen atoms in total. The summed E-state index contributed by atoms with van der Waals surface area (Å²) in [7, 11) is 0. The van der Waals surface area contributed by atoms with Gasteiger partial charge in [-0.1, -0.05) is 29.8 Å². The van der Waals surface area contributed by atoms with Gasteiger partial charge >= 0.3 is 11.9 Å². The molecule has 0 aliphatic heterocycles. The second kappa shape index (κ2) is 14.1. The minimum Gasteiger partial charge on any atom is -0.466 e. The number of carbonyl (C=O) groups is 3. The number of aromatic nitrogens is 2. The van der Waals surface area contributed by atoms with Gasteiger partial charge in [0.15, 0.2) is 0 Å². The number of amides is 1. The van der Waals surface area contributed by atoms with Gasteiger partial charge < -0.3 is 26.3 Å². The summed E-state index contributed by atoms with van der Waals surface area (Å²) in [6.07, 6.45) is 2.73. The molecule has 190 valence electrons. The predicted molar refractivity (Wildman–Crippen MR) is 133 cm³/mol. The van der Waals surface area contributed by atoms with Crippen LogP contribution in [0.25, 0.3) is 0 Å². The number of nitrogens with one attached hydrogen (secondary N) is 1. The minimum absolute atomic E-state index is 0.0141. The second-order valence-electron chi connectivity index (χ2n) is 7.72. The van der Waals surface area contributed by atoms with E-state index in [9.17, 15) is 14.4 Å². The first kappa shape index (κ1) is 27.8. The lowest BCUT2D eigenvalue weighted by atomic mass is 9.99. The number of nitrogens with zero attached hydrogens (tertiary/aromatic N) is 2. The number of ether oxygens (including phenoxy) is 2. The topological polar surface area (TPSA) is 160 Å². The molecule has 35 heavy (non-hydrogen) atoms. The summed E-state index contributed by atoms with van der Waals surface area (Å²) in [6.45, 7) is 3.78. The SMILES string of the molecule is CCOC(=O)CC[C@H](NC(=O)c1ccccc1CCCCc1c(N)nc(N)nc1Cl)C(=O)OCC. The van der Waals surface area contributed by atoms with Crippen LogP contribution in [0.5, 0.6) is 0 Å². The molecule has 0 saturated carbocycles. The Morgan fingerprint density at radius 3 is 2.40 bits per heavy atom. The van der Waals surface area contributed by atoms with Crippen molar-refractivity contribution in [1.82, 2.24) is 15.3 Å². The van der Waals surface area contributed by atoms with Gasteiger partial charge in [0.05, 0.1) is 13.2 Å². The van der Waals surface area contributed by atoms with Crippen LogP contribution in [0.15, 0.2) is 24.3 Å². The molecule has 0 unspecified atom stereocenters. The Labute approximate surface area is 209 Å². The first-order chi connectivity index (χ1) is 16.8. The summed E-state index contributed by atoms with van der Waals surface area (Å²) in [4.78, 5) is 45.0. The van der Waals surface area contributed by atoms with Crippen LogP contribution in [0.1, 0.15) is 61.0 Å². The Hall–Kier alpha value is -3.40. The van der Waals surface area contributed by atoms with Gasteiger partial charge in [-0.3, -0.25) is 9.59 Å². The summed E-state index contributed by atoms with van der Waals surface area (Å²) in [5.74, 6) is -1.16. The highest BCUT2D eigenvalue weighted by Gasteiger charge is 2.24. The number of hydrogen-bond acceptors (Lipinski definition) is 9. The van der Waals surface area contributed by atoms with Crippen molar-refractivity contribution in [2.75, 3.05) is 24.7 Å². The molecule has 0 spiro atoms. The number of benzene rings is 1. The number of nitrogens with two attached hydrogens (primary N) is 2. The van der Waals surface area contributed by atoms with Gasteiger partial charge in [-0.2, -0.15) is 4.98 Å². The van der Waals surface area contributed by atoms with Crippen LogP contribution in [0.2, 0.25) is 5.15 Å². The third-order valence-electron chi connectivity index (χ3n) is 5.21. The monoisotopic (exact) mass is 505 g/mol. The Kier molecular flexibility index (Phi) is 11.2. The molecular formula is C24H32ClN5O5. The minimum atomic E-state index is -0.962. The summed E-state index contributed by atoms with van der Waals surface area (Å²) in [5.41, 5.74) is 13.4. The average molecular weight is 506 g/mol. The van der Waals surface area contributed by atoms with E-state index in [2.05, 4.69) is 15.3 Å². The fourth-order valence-corrected chi connectivity index (χ4v) is 3.80. The van der Waals surface area contributed by atoms with Gasteiger partial charge in [-0.25, -0.2) is 9.78 Å². The fourth-order valence-electron chi connectivity index (χ4n) is 3.52. The molecule has 0 saturated heterocycles. The van der Waals surface area contributed by atoms with Crippen molar-refractivity contribution in [3.63, 3.8) is 0 Å². The van der Waals surface area contributed by atoms with E-state index in [4.69, 9.17) is 32.5 Å². The van der Waals surface area contributed by atoms with Crippen molar-refractivity contribution in [1.29, 1.82) is 0 Å². The first-order valence-corrected chi connectivity index (χ1v) is 11.9. The maximum absolute atomic E-state index is 13.0. The van der Waals surface area contributed by atoms with E-state index >= 15 is 0 Å². The van der Waals surface area contributed by atoms with Crippen LogP contribution in [-0.4, -0.2) is 47.1 Å². The Bertz CT molecular complexity index is 1010. The maximum Gasteiger partial charge on any atom is 0.328 e. The average Bonchev–Trinajstić information content (AvgIpc) is 2.81. The molecule has 0 radical (unpaired) electrons. The van der Waals surface area contributed by atoms with Gasteiger partial charge in [-0.15, -0.1) is 0 Å². The van der Waals surface area contributed by atoms with Crippen molar-refractivity contribution < 1.29 is 23.9 Å². The Morgan fingerprint density at radius 1 is 1.03 bits per heavy atom. The summed E-state index contributed by atoms with van der Waals surface area (Å²) in [5, 5.41) is 2.95. The van der Waals surface area contributed by atoms with Crippen LogP contribution >= 0.6 is 11.6 Å². The van der Waals surface area contributed by atoms with E-state index in [0.29, 0.717) is 24.0 Å². The van der Waals surface area contributed by atoms with E-state index in [-0.39, 0.29) is 43.0 Å². The highest BCUT2D eigenvalue weighted by molar-refractivity contribution is 6.30. The lowest BCUT2D eigenvalue weighted by Gasteiger charge is -2.18. The third kappa shape index (κ3) is 8.71. The highest BCUT2D eigenvalue weighted by Crippen LogP contribution is 2.22. The molecule has 1 amide bonds. The zero-order chi connectivity index (χ0) is 25.8. The maximum atomic E-state index is 13.0. The fraction of sp³-hybridized carbons (Fsp3) is 0.458. The first-order valence-electron chi connectivity index (χ1n) is 11.5. The summed E-state index contributed by atoms with van der Waals surface area (Å²) >= 11 is 6.13. The number of unbranched alkanes of at least 4 members (excludes halogenated alkanes) is 1. The quantitative estimate of drug-likeness (QED) is 0.211. The second-order valence-corrected chi connectivity index (χ2v) is 8.08. The van der Waals surface area contributed by atoms with E-state index in [1.165, 1.54) is 0 Å². The predicted octanol–water partition coefficient (Wildman–Crippen LogP) is 2.86. The summed E-state index contributed by atoms with van der Waals surface area (Å²) in [6, 6.07) is 6.19. The van der Waals surface area contributed by atoms with Gasteiger partial charge in [0.1, 0.15) is 17.0 Å². The number of aryl methyl sites for hydroxylation is 1. The lowest BCUT2D eigenvalue weighted by molar-refractivity contribution is -0.146. The molecule has 2 rings (SSSR count). The number of halogens is 1. The standard InChI is InChI=1S/C24H32ClN5O5/c1-3-34-19(31)14-13-18(23(33)35-4-2)28-22(32)16-11-7-5-9-15(16)10-6-8-12-17-20(25)29-24(27)30-21(17)26/h5,7,9,11,18H,3-4,6,8,10,12-14H2,1-2H3,(H,28,32)(H4,26,27,29,30)/t18-/m0/s1. The molecule has 1 heterocycles. The van der Waals surface area contributed by atoms with E-state index in [1.807, 2.05) is 12.1 Å². The largest absolute Gasteiger partial charge is 0.466 e. The molecule has 1 aromatic carbocycles. The zero-order valence-electron chi connectivity index (χ0n) is 20.0. The molecule has 0 bridgehead atoms. The normalized spacial score (nSPS) is 11.5. The van der Waals surface area contributed by atoms with Crippen LogP contribution in [0, 0.1) is 0 Å². The summed E-state index contributed by atoms with van der Waals surface area (Å²) < 4.78 is 9.98. The molecular weight excluding hydrogens is 474 g/mol. The van der Waals surface area contributed by atoms with Crippen LogP contribution in [0.4, 0.5) is 11.8 Å². The van der Waals surface area contributed by atoms with Crippen molar-refractivity contribution in [3.8, 4) is 0 Å². The molecule has 1 atom stereocenters. The highest BCUT2D eigenvalue weighted by atomic mass is 35.5. The van der Waals surface area contributed by atoms with E-state index in [0.717, 1.165) is 18.4 Å². The smallest absolute Gasteiger partial charge is 0.328 e. The van der Waals surface area contributed by atoms with Crippen LogP contribution in [-0.2, 0) is 31.9 Å². The van der Waals surface area contributed by atoms with Crippen LogP contribution < -0.4 is 16.8 Å². The molecule has 1 aromatic heterocycles. The van der Waals surface area contributed by atoms with Crippen molar-refractivity contribution in [2.24, 2.45) is 0 Å². The number of esters is 2. The molecule has 0 aliphatic rings. The van der Waals surface area contributed by atoms with Gasteiger partial charge in [-0.05, 0) is 57.6 Å². The van der Waals surface area contributed by atoms with Crippen molar-refractivity contribution >= 4 is 41.2 Å². The lowest BCUT2D eigenvalue weighted by Crippen LogP contribution is -2.42. The van der Waals surface area contributed by atoms with E-state index < -0.39 is 23.9 Å². The molecule has 5 N–H and O–H groups in total. The van der Waals surface area contributed by atoms with E-state index in [1.54, 1.807) is 26.0 Å². The van der Waals surface area contributed by atoms with Gasteiger partial charge in [0, 0.05) is 17.5 Å². The molecule has 11 heteroatoms. The molecule has 0 aliphatic carbocycles.